The Labute approximate surface area is 166 Å². The van der Waals surface area contributed by atoms with Gasteiger partial charge >= 0.3 is 29.6 Å². The summed E-state index contributed by atoms with van der Waals surface area (Å²) in [4.78, 5) is 25.0. The van der Waals surface area contributed by atoms with Crippen LogP contribution in [0, 0.1) is 6.92 Å². The third-order valence-corrected chi connectivity index (χ3v) is 5.22. The summed E-state index contributed by atoms with van der Waals surface area (Å²) in [7, 11) is 0. The quantitative estimate of drug-likeness (QED) is 0.599. The zero-order valence-electron chi connectivity index (χ0n) is 13.7. The number of nitrogens with zero attached hydrogens (tertiary/aromatic N) is 2. The summed E-state index contributed by atoms with van der Waals surface area (Å²) in [6, 6.07) is 7.36. The first kappa shape index (κ1) is 19.1. The number of benzene rings is 1. The van der Waals surface area contributed by atoms with Crippen LogP contribution >= 0.6 is 11.5 Å². The summed E-state index contributed by atoms with van der Waals surface area (Å²) in [5.41, 5.74) is 1.22. The predicted octanol–water partition coefficient (Wildman–Crippen LogP) is -2.51. The van der Waals surface area contributed by atoms with E-state index in [9.17, 15) is 14.7 Å². The molecule has 24 heavy (non-hydrogen) atoms. The van der Waals surface area contributed by atoms with Gasteiger partial charge in [0, 0.05) is 11.8 Å². The van der Waals surface area contributed by atoms with Gasteiger partial charge in [0.25, 0.3) is 0 Å². The number of fused-ring (bicyclic) bond motifs is 1. The van der Waals surface area contributed by atoms with Crippen LogP contribution in [0.2, 0.25) is 0 Å². The Bertz CT molecular complexity index is 765. The predicted molar refractivity (Wildman–Crippen MR) is 82.6 cm³/mol. The topological polar surface area (TPSA) is 95.0 Å². The molecule has 8 heteroatoms. The number of nitrogens with one attached hydrogen (secondary N) is 1. The van der Waals surface area contributed by atoms with Crippen molar-refractivity contribution in [1.82, 2.24) is 14.9 Å². The number of carbonyl (C=O) groups excluding carboxylic acids is 2. The smallest absolute Gasteiger partial charge is 0.549 e. The Morgan fingerprint density at radius 3 is 2.79 bits per heavy atom. The van der Waals surface area contributed by atoms with E-state index in [0.717, 1.165) is 16.1 Å². The molecule has 1 atom stereocenters. The van der Waals surface area contributed by atoms with Gasteiger partial charge in [0.15, 0.2) is 0 Å². The van der Waals surface area contributed by atoms with E-state index in [-0.39, 0.29) is 41.9 Å². The molecule has 0 fully saturated rings. The fourth-order valence-electron chi connectivity index (χ4n) is 3.08. The molecular formula is C16H16N3NaO3S. The molecule has 1 N–H and O–H groups in total. The van der Waals surface area contributed by atoms with Crippen LogP contribution in [0.25, 0.3) is 0 Å². The van der Waals surface area contributed by atoms with Crippen molar-refractivity contribution in [3.8, 4) is 0 Å². The summed E-state index contributed by atoms with van der Waals surface area (Å²) >= 11 is 1.22. The Balaban J connectivity index is 0.00000208. The molecule has 6 nitrogen and oxygen atoms in total. The minimum absolute atomic E-state index is 0. The maximum Gasteiger partial charge on any atom is 1.00 e. The first-order valence-electron chi connectivity index (χ1n) is 7.37. The number of hydrogen-bond acceptors (Lipinski definition) is 6. The number of aryl methyl sites for hydroxylation is 2. The number of carbonyl (C=O) groups is 2. The Morgan fingerprint density at radius 1 is 1.38 bits per heavy atom. The average Bonchev–Trinajstić information content (AvgIpc) is 3.10. The van der Waals surface area contributed by atoms with E-state index >= 15 is 0 Å². The number of aromatic nitrogens is 2. The van der Waals surface area contributed by atoms with Crippen molar-refractivity contribution in [3.63, 3.8) is 0 Å². The minimum Gasteiger partial charge on any atom is -0.549 e. The first-order chi connectivity index (χ1) is 11.0. The summed E-state index contributed by atoms with van der Waals surface area (Å²) in [6.45, 7) is 2.13. The molecule has 1 aliphatic rings. The van der Waals surface area contributed by atoms with Crippen molar-refractivity contribution in [2.75, 3.05) is 0 Å². The van der Waals surface area contributed by atoms with Gasteiger partial charge in [-0.3, -0.25) is 4.79 Å². The summed E-state index contributed by atoms with van der Waals surface area (Å²) < 4.78 is 3.81. The van der Waals surface area contributed by atoms with Crippen LogP contribution in [-0.4, -0.2) is 21.5 Å². The van der Waals surface area contributed by atoms with Gasteiger partial charge in [0.2, 0.25) is 5.91 Å². The zero-order chi connectivity index (χ0) is 16.4. The second kappa shape index (κ2) is 7.74. The number of carboxylic acid groups (broad SMARTS) is 1. The number of carboxylic acids is 1. The van der Waals surface area contributed by atoms with E-state index in [1.807, 2.05) is 19.1 Å². The van der Waals surface area contributed by atoms with Gasteiger partial charge in [-0.2, -0.15) is 0 Å². The van der Waals surface area contributed by atoms with E-state index in [1.165, 1.54) is 11.5 Å². The largest absolute Gasteiger partial charge is 1.00 e. The number of aliphatic carboxylic acids is 1. The number of hydrogen-bond donors (Lipinski definition) is 1. The zero-order valence-corrected chi connectivity index (χ0v) is 16.5. The molecule has 1 aromatic heterocycles. The second-order valence-corrected chi connectivity index (χ2v) is 6.60. The van der Waals surface area contributed by atoms with Crippen molar-refractivity contribution in [3.05, 3.63) is 46.0 Å². The molecule has 0 aliphatic heterocycles. The molecule has 120 valence electrons. The maximum atomic E-state index is 12.3. The minimum atomic E-state index is -1.23. The van der Waals surface area contributed by atoms with E-state index in [4.69, 9.17) is 0 Å². The van der Waals surface area contributed by atoms with Crippen molar-refractivity contribution in [1.29, 1.82) is 0 Å². The molecular weight excluding hydrogens is 337 g/mol. The monoisotopic (exact) mass is 353 g/mol. The second-order valence-electron chi connectivity index (χ2n) is 5.76. The standard InChI is InChI=1S/C16H17N3O3S.Na/c1-10-13(23-19-18-10)9-17-14(20)8-16(15(21)22)7-6-11-4-2-3-5-12(11)16;/h2-5H,6-9H2,1H3,(H,17,20)(H,21,22);/q;+1/p-1. The van der Waals surface area contributed by atoms with Gasteiger partial charge < -0.3 is 15.2 Å². The first-order valence-corrected chi connectivity index (χ1v) is 8.14. The van der Waals surface area contributed by atoms with E-state index < -0.39 is 11.4 Å². The summed E-state index contributed by atoms with van der Waals surface area (Å²) in [5, 5.41) is 18.4. The number of amides is 1. The molecule has 2 aromatic rings. The molecule has 1 aliphatic carbocycles. The van der Waals surface area contributed by atoms with E-state index in [1.54, 1.807) is 12.1 Å². The molecule has 0 radical (unpaired) electrons. The van der Waals surface area contributed by atoms with E-state index in [2.05, 4.69) is 14.9 Å². The molecule has 1 heterocycles. The van der Waals surface area contributed by atoms with Crippen LogP contribution in [0.5, 0.6) is 0 Å². The Morgan fingerprint density at radius 2 is 2.12 bits per heavy atom. The fraction of sp³-hybridized carbons (Fsp3) is 0.375. The van der Waals surface area contributed by atoms with Crippen LogP contribution in [0.15, 0.2) is 24.3 Å². The molecule has 1 amide bonds. The normalized spacial score (nSPS) is 18.5. The van der Waals surface area contributed by atoms with Crippen LogP contribution < -0.4 is 40.0 Å². The Hall–Kier alpha value is -1.28. The summed E-state index contributed by atoms with van der Waals surface area (Å²) in [5.74, 6) is -1.49. The van der Waals surface area contributed by atoms with Gasteiger partial charge in [-0.05, 0) is 42.4 Å². The van der Waals surface area contributed by atoms with Crippen LogP contribution in [-0.2, 0) is 28.0 Å². The molecule has 1 unspecified atom stereocenters. The van der Waals surface area contributed by atoms with Gasteiger partial charge in [0.1, 0.15) is 0 Å². The third kappa shape index (κ3) is 3.54. The maximum absolute atomic E-state index is 12.3. The molecule has 0 saturated carbocycles. The van der Waals surface area contributed by atoms with Crippen LogP contribution in [0.4, 0.5) is 0 Å². The van der Waals surface area contributed by atoms with Crippen molar-refractivity contribution in [2.24, 2.45) is 0 Å². The van der Waals surface area contributed by atoms with Gasteiger partial charge in [-0.25, -0.2) is 0 Å². The van der Waals surface area contributed by atoms with Crippen molar-refractivity contribution >= 4 is 23.4 Å². The Kier molecular flexibility index (Phi) is 6.14. The van der Waals surface area contributed by atoms with E-state index in [0.29, 0.717) is 24.9 Å². The SMILES string of the molecule is Cc1nnsc1CNC(=O)CC1(C(=O)[O-])CCc2ccccc21.[Na+]. The molecule has 0 saturated heterocycles. The van der Waals surface area contributed by atoms with Crippen LogP contribution in [0.1, 0.15) is 34.5 Å². The molecule has 0 spiro atoms. The van der Waals surface area contributed by atoms with Crippen LogP contribution in [0.3, 0.4) is 0 Å². The number of rotatable bonds is 5. The molecule has 3 rings (SSSR count). The molecule has 1 aromatic carbocycles. The van der Waals surface area contributed by atoms with Crippen molar-refractivity contribution in [2.45, 2.75) is 38.1 Å². The fourth-order valence-corrected chi connectivity index (χ4v) is 3.66. The molecule has 0 bridgehead atoms. The summed E-state index contributed by atoms with van der Waals surface area (Å²) in [6.07, 6.45) is 0.927. The van der Waals surface area contributed by atoms with Gasteiger partial charge in [-0.15, -0.1) is 5.10 Å². The van der Waals surface area contributed by atoms with Crippen molar-refractivity contribution < 1.29 is 44.3 Å². The third-order valence-electron chi connectivity index (χ3n) is 4.40. The van der Waals surface area contributed by atoms with Gasteiger partial charge in [-0.1, -0.05) is 28.8 Å². The van der Waals surface area contributed by atoms with Gasteiger partial charge in [0.05, 0.1) is 23.1 Å². The average molecular weight is 353 g/mol.